The monoisotopic (exact) mass is 356 g/mol. The molecule has 0 nitrogen and oxygen atoms in total. The molecule has 24 heavy (non-hydrogen) atoms. The van der Waals surface area contributed by atoms with Gasteiger partial charge in [0.15, 0.2) is 0 Å². The van der Waals surface area contributed by atoms with Crippen molar-refractivity contribution in [1.82, 2.24) is 0 Å². The third kappa shape index (κ3) is 3.79. The highest BCUT2D eigenvalue weighted by molar-refractivity contribution is 5.87. The van der Waals surface area contributed by atoms with Crippen molar-refractivity contribution in [3.05, 3.63) is 47.5 Å². The summed E-state index contributed by atoms with van der Waals surface area (Å²) < 4.78 is 103. The van der Waals surface area contributed by atoms with E-state index in [1.165, 1.54) is 24.3 Å². The van der Waals surface area contributed by atoms with E-state index < -0.39 is 48.7 Å². The molecule has 0 aliphatic rings. The van der Waals surface area contributed by atoms with Crippen LogP contribution >= 0.6 is 0 Å². The SMILES string of the molecule is FC(F)C(F)(F)Cc1ccc2ccccc2c1CC(F)(F)C(F)F. The minimum absolute atomic E-state index is 0.0559. The highest BCUT2D eigenvalue weighted by Gasteiger charge is 2.44. The second-order valence-electron chi connectivity index (χ2n) is 5.40. The number of hydrogen-bond acceptors (Lipinski definition) is 0. The summed E-state index contributed by atoms with van der Waals surface area (Å²) in [6.45, 7) is 0. The van der Waals surface area contributed by atoms with Gasteiger partial charge in [0, 0.05) is 12.8 Å². The second-order valence-corrected chi connectivity index (χ2v) is 5.40. The minimum Gasteiger partial charge on any atom is -0.204 e. The number of alkyl halides is 8. The van der Waals surface area contributed by atoms with Crippen molar-refractivity contribution in [2.75, 3.05) is 0 Å². The maximum Gasteiger partial charge on any atom is 0.311 e. The first-order valence-corrected chi connectivity index (χ1v) is 6.86. The maximum atomic E-state index is 13.4. The molecule has 0 atom stereocenters. The summed E-state index contributed by atoms with van der Waals surface area (Å²) >= 11 is 0. The van der Waals surface area contributed by atoms with E-state index >= 15 is 0 Å². The number of fused-ring (bicyclic) bond motifs is 1. The Labute approximate surface area is 132 Å². The highest BCUT2D eigenvalue weighted by Crippen LogP contribution is 2.36. The Bertz CT molecular complexity index is 708. The summed E-state index contributed by atoms with van der Waals surface area (Å²) in [4.78, 5) is 0. The lowest BCUT2D eigenvalue weighted by atomic mass is 9.91. The molecule has 8 heteroatoms. The molecule has 0 saturated carbocycles. The van der Waals surface area contributed by atoms with Crippen molar-refractivity contribution in [2.24, 2.45) is 0 Å². The number of hydrogen-bond donors (Lipinski definition) is 0. The molecule has 0 saturated heterocycles. The number of rotatable bonds is 6. The molecule has 2 aromatic rings. The zero-order chi connectivity index (χ0) is 18.1. The molecule has 0 bridgehead atoms. The maximum absolute atomic E-state index is 13.4. The van der Waals surface area contributed by atoms with Gasteiger partial charge in [-0.3, -0.25) is 0 Å². The van der Waals surface area contributed by atoms with Gasteiger partial charge in [0.2, 0.25) is 0 Å². The van der Waals surface area contributed by atoms with Crippen LogP contribution in [0.15, 0.2) is 36.4 Å². The van der Waals surface area contributed by atoms with Crippen molar-refractivity contribution in [2.45, 2.75) is 37.5 Å². The molecule has 2 aromatic carbocycles. The summed E-state index contributed by atoms with van der Waals surface area (Å²) in [6.07, 6.45) is -11.0. The Morgan fingerprint density at radius 1 is 0.708 bits per heavy atom. The molecular formula is C16H12F8. The van der Waals surface area contributed by atoms with Crippen LogP contribution in [0.2, 0.25) is 0 Å². The molecule has 0 heterocycles. The van der Waals surface area contributed by atoms with Gasteiger partial charge in [-0.25, -0.2) is 17.6 Å². The van der Waals surface area contributed by atoms with Gasteiger partial charge in [-0.05, 0) is 21.9 Å². The molecule has 0 radical (unpaired) electrons. The van der Waals surface area contributed by atoms with Crippen LogP contribution < -0.4 is 0 Å². The molecule has 132 valence electrons. The molecule has 0 aromatic heterocycles. The Hall–Kier alpha value is -1.86. The number of benzene rings is 2. The average molecular weight is 356 g/mol. The Kier molecular flexibility index (Phi) is 5.05. The third-order valence-electron chi connectivity index (χ3n) is 3.61. The van der Waals surface area contributed by atoms with Gasteiger partial charge in [-0.1, -0.05) is 36.4 Å². The van der Waals surface area contributed by atoms with Crippen LogP contribution in [-0.4, -0.2) is 24.7 Å². The Morgan fingerprint density at radius 3 is 1.83 bits per heavy atom. The quantitative estimate of drug-likeness (QED) is 0.580. The van der Waals surface area contributed by atoms with Gasteiger partial charge in [-0.15, -0.1) is 0 Å². The molecular weight excluding hydrogens is 344 g/mol. The molecule has 0 aliphatic heterocycles. The van der Waals surface area contributed by atoms with E-state index in [4.69, 9.17) is 0 Å². The summed E-state index contributed by atoms with van der Waals surface area (Å²) in [5, 5.41) is 0.419. The molecule has 0 amide bonds. The van der Waals surface area contributed by atoms with Gasteiger partial charge >= 0.3 is 24.7 Å². The van der Waals surface area contributed by atoms with Crippen LogP contribution in [0, 0.1) is 0 Å². The Balaban J connectivity index is 2.57. The van der Waals surface area contributed by atoms with Crippen LogP contribution in [0.3, 0.4) is 0 Å². The van der Waals surface area contributed by atoms with Crippen LogP contribution in [0.1, 0.15) is 11.1 Å². The van der Waals surface area contributed by atoms with Crippen molar-refractivity contribution in [3.8, 4) is 0 Å². The predicted octanol–water partition coefficient (Wildman–Crippen LogP) is 5.73. The van der Waals surface area contributed by atoms with Gasteiger partial charge in [0.1, 0.15) is 0 Å². The van der Waals surface area contributed by atoms with E-state index in [9.17, 15) is 35.1 Å². The van der Waals surface area contributed by atoms with Crippen LogP contribution in [0.5, 0.6) is 0 Å². The van der Waals surface area contributed by atoms with Crippen molar-refractivity contribution in [1.29, 1.82) is 0 Å². The largest absolute Gasteiger partial charge is 0.311 e. The van der Waals surface area contributed by atoms with E-state index in [1.54, 1.807) is 6.07 Å². The smallest absolute Gasteiger partial charge is 0.204 e. The summed E-state index contributed by atoms with van der Waals surface area (Å²) in [6, 6.07) is 8.04. The first-order valence-electron chi connectivity index (χ1n) is 6.86. The molecule has 0 aliphatic carbocycles. The van der Waals surface area contributed by atoms with Crippen LogP contribution in [-0.2, 0) is 12.8 Å². The average Bonchev–Trinajstić information content (AvgIpc) is 2.49. The topological polar surface area (TPSA) is 0 Å². The van der Waals surface area contributed by atoms with E-state index in [1.807, 2.05) is 0 Å². The van der Waals surface area contributed by atoms with Crippen molar-refractivity contribution < 1.29 is 35.1 Å². The van der Waals surface area contributed by atoms with E-state index in [2.05, 4.69) is 0 Å². The van der Waals surface area contributed by atoms with Crippen molar-refractivity contribution in [3.63, 3.8) is 0 Å². The predicted molar refractivity (Wildman–Crippen MR) is 73.3 cm³/mol. The fraction of sp³-hybridized carbons (Fsp3) is 0.375. The fourth-order valence-electron chi connectivity index (χ4n) is 2.40. The summed E-state index contributed by atoms with van der Waals surface area (Å²) in [5.41, 5.74) is -0.974. The van der Waals surface area contributed by atoms with Crippen molar-refractivity contribution >= 4 is 10.8 Å². The molecule has 0 unspecified atom stereocenters. The Morgan fingerprint density at radius 2 is 1.25 bits per heavy atom. The third-order valence-corrected chi connectivity index (χ3v) is 3.61. The number of halogens is 8. The molecule has 2 rings (SSSR count). The van der Waals surface area contributed by atoms with E-state index in [0.29, 0.717) is 5.39 Å². The van der Waals surface area contributed by atoms with Crippen LogP contribution in [0.4, 0.5) is 35.1 Å². The lowest BCUT2D eigenvalue weighted by Gasteiger charge is -2.22. The normalized spacial score (nSPS) is 13.2. The molecule has 0 N–H and O–H groups in total. The zero-order valence-corrected chi connectivity index (χ0v) is 12.1. The lowest BCUT2D eigenvalue weighted by molar-refractivity contribution is -0.130. The second kappa shape index (κ2) is 6.57. The minimum atomic E-state index is -4.46. The van der Waals surface area contributed by atoms with Gasteiger partial charge in [0.05, 0.1) is 0 Å². The molecule has 0 spiro atoms. The van der Waals surface area contributed by atoms with E-state index in [0.717, 1.165) is 6.07 Å². The van der Waals surface area contributed by atoms with Gasteiger partial charge < -0.3 is 0 Å². The standard InChI is InChI=1S/C16H12F8/c17-13(18)15(21,22)7-10-6-5-9-3-1-2-4-11(9)12(10)8-16(23,24)14(19)20/h1-6,13-14H,7-8H2. The zero-order valence-electron chi connectivity index (χ0n) is 12.1. The molecule has 0 fully saturated rings. The highest BCUT2D eigenvalue weighted by atomic mass is 19.3. The summed E-state index contributed by atoms with van der Waals surface area (Å²) in [7, 11) is 0. The first-order chi connectivity index (χ1) is 11.0. The van der Waals surface area contributed by atoms with Gasteiger partial charge in [-0.2, -0.15) is 17.6 Å². The lowest BCUT2D eigenvalue weighted by Crippen LogP contribution is -2.32. The fourth-order valence-corrected chi connectivity index (χ4v) is 2.40. The van der Waals surface area contributed by atoms with Gasteiger partial charge in [0.25, 0.3) is 0 Å². The first kappa shape index (κ1) is 18.5. The van der Waals surface area contributed by atoms with Crippen LogP contribution in [0.25, 0.3) is 10.8 Å². The summed E-state index contributed by atoms with van der Waals surface area (Å²) in [5.74, 6) is -8.91. The van der Waals surface area contributed by atoms with E-state index in [-0.39, 0.29) is 5.39 Å².